The molecule has 5 nitrogen and oxygen atoms in total. The van der Waals surface area contributed by atoms with Gasteiger partial charge in [0.1, 0.15) is 0 Å². The number of nitrogens with zero attached hydrogens (tertiary/aromatic N) is 1. The van der Waals surface area contributed by atoms with E-state index in [0.29, 0.717) is 22.7 Å². The molecule has 1 aromatic rings. The van der Waals surface area contributed by atoms with Crippen molar-refractivity contribution in [2.24, 2.45) is 16.5 Å². The van der Waals surface area contributed by atoms with Gasteiger partial charge in [0.05, 0.1) is 11.9 Å². The van der Waals surface area contributed by atoms with Crippen molar-refractivity contribution >= 4 is 17.6 Å². The molecule has 19 heavy (non-hydrogen) atoms. The third-order valence-electron chi connectivity index (χ3n) is 3.32. The van der Waals surface area contributed by atoms with E-state index in [-0.39, 0.29) is 0 Å². The van der Waals surface area contributed by atoms with Gasteiger partial charge in [-0.05, 0) is 30.5 Å². The first-order chi connectivity index (χ1) is 9.08. The van der Waals surface area contributed by atoms with Gasteiger partial charge in [-0.15, -0.1) is 0 Å². The van der Waals surface area contributed by atoms with Gasteiger partial charge in [0.2, 0.25) is 0 Å². The highest BCUT2D eigenvalue weighted by atomic mass is 35.5. The number of guanidine groups is 1. The molecule has 1 atom stereocenters. The van der Waals surface area contributed by atoms with Crippen LogP contribution in [0, 0.1) is 0 Å². The maximum atomic E-state index is 6.39. The fourth-order valence-corrected chi connectivity index (χ4v) is 2.10. The van der Waals surface area contributed by atoms with Crippen molar-refractivity contribution in [3.05, 3.63) is 46.7 Å². The molecule has 1 heterocycles. The van der Waals surface area contributed by atoms with Crippen molar-refractivity contribution in [2.75, 3.05) is 0 Å². The number of aliphatic imine (C=N–C) groups is 1. The molecule has 1 aliphatic carbocycles. The summed E-state index contributed by atoms with van der Waals surface area (Å²) in [5.41, 5.74) is 12.7. The molecule has 0 saturated heterocycles. The molecule has 0 bridgehead atoms. The Morgan fingerprint density at radius 3 is 2.63 bits per heavy atom. The standard InChI is InChI=1S/C13H16ClN5/c14-9-3-1-8(2-4-9)13(16)11(15)7-17-12(19-13)18-10-5-6-10/h1-4,7,10H,5-6,15-16H2,(H2,17,18,19). The van der Waals surface area contributed by atoms with Gasteiger partial charge >= 0.3 is 0 Å². The average molecular weight is 278 g/mol. The van der Waals surface area contributed by atoms with Crippen LogP contribution in [0.15, 0.2) is 41.2 Å². The molecule has 1 aromatic carbocycles. The topological polar surface area (TPSA) is 88.5 Å². The van der Waals surface area contributed by atoms with Gasteiger partial charge in [-0.3, -0.25) is 5.73 Å². The third kappa shape index (κ3) is 2.39. The lowest BCUT2D eigenvalue weighted by Crippen LogP contribution is -2.60. The zero-order valence-corrected chi connectivity index (χ0v) is 11.1. The molecule has 0 radical (unpaired) electrons. The normalized spacial score (nSPS) is 26.2. The largest absolute Gasteiger partial charge is 0.397 e. The quantitative estimate of drug-likeness (QED) is 0.648. The summed E-state index contributed by atoms with van der Waals surface area (Å²) in [6, 6.07) is 7.79. The molecule has 0 spiro atoms. The minimum Gasteiger partial charge on any atom is -0.397 e. The van der Waals surface area contributed by atoms with Crippen molar-refractivity contribution in [2.45, 2.75) is 24.5 Å². The lowest BCUT2D eigenvalue weighted by atomic mass is 9.96. The molecule has 0 aromatic heterocycles. The Kier molecular flexibility index (Phi) is 2.88. The Balaban J connectivity index is 1.88. The van der Waals surface area contributed by atoms with Crippen molar-refractivity contribution in [3.8, 4) is 0 Å². The predicted octanol–water partition coefficient (Wildman–Crippen LogP) is 0.963. The minimum atomic E-state index is -0.955. The Morgan fingerprint density at radius 1 is 1.32 bits per heavy atom. The summed E-state index contributed by atoms with van der Waals surface area (Å²) < 4.78 is 0. The molecule has 6 heteroatoms. The van der Waals surface area contributed by atoms with E-state index in [1.54, 1.807) is 18.3 Å². The molecule has 2 aliphatic rings. The molecule has 1 saturated carbocycles. The fourth-order valence-electron chi connectivity index (χ4n) is 1.97. The van der Waals surface area contributed by atoms with Gasteiger partial charge in [0.15, 0.2) is 11.6 Å². The number of rotatable bonds is 2. The second kappa shape index (κ2) is 4.43. The third-order valence-corrected chi connectivity index (χ3v) is 3.57. The summed E-state index contributed by atoms with van der Waals surface area (Å²) in [6.45, 7) is 0. The van der Waals surface area contributed by atoms with Crippen LogP contribution in [-0.4, -0.2) is 12.0 Å². The van der Waals surface area contributed by atoms with E-state index >= 15 is 0 Å². The van der Waals surface area contributed by atoms with E-state index in [0.717, 1.165) is 5.56 Å². The maximum absolute atomic E-state index is 6.39. The first kappa shape index (κ1) is 12.3. The van der Waals surface area contributed by atoms with Crippen LogP contribution in [0.25, 0.3) is 0 Å². The zero-order chi connectivity index (χ0) is 13.5. The van der Waals surface area contributed by atoms with Crippen molar-refractivity contribution in [1.29, 1.82) is 0 Å². The molecular formula is C13H16ClN5. The Bertz CT molecular complexity index is 547. The summed E-state index contributed by atoms with van der Waals surface area (Å²) in [4.78, 5) is 4.23. The molecule has 1 aliphatic heterocycles. The Morgan fingerprint density at radius 2 is 2.00 bits per heavy atom. The van der Waals surface area contributed by atoms with Gasteiger partial charge in [-0.2, -0.15) is 0 Å². The summed E-state index contributed by atoms with van der Waals surface area (Å²) in [5.74, 6) is 0.661. The van der Waals surface area contributed by atoms with Gasteiger partial charge in [0.25, 0.3) is 0 Å². The van der Waals surface area contributed by atoms with Crippen LogP contribution in [0.3, 0.4) is 0 Å². The van der Waals surface area contributed by atoms with Crippen LogP contribution in [0.4, 0.5) is 0 Å². The van der Waals surface area contributed by atoms with E-state index in [4.69, 9.17) is 23.1 Å². The maximum Gasteiger partial charge on any atom is 0.198 e. The SMILES string of the molecule is NC1=CN=C(NC2CC2)NC1(N)c1ccc(Cl)cc1. The van der Waals surface area contributed by atoms with E-state index < -0.39 is 5.66 Å². The van der Waals surface area contributed by atoms with Gasteiger partial charge in [-0.1, -0.05) is 23.7 Å². The van der Waals surface area contributed by atoms with Gasteiger partial charge < -0.3 is 16.4 Å². The van der Waals surface area contributed by atoms with E-state index in [2.05, 4.69) is 15.6 Å². The second-order valence-electron chi connectivity index (χ2n) is 4.92. The molecule has 1 unspecified atom stereocenters. The lowest BCUT2D eigenvalue weighted by Gasteiger charge is -2.35. The molecule has 100 valence electrons. The summed E-state index contributed by atoms with van der Waals surface area (Å²) >= 11 is 5.89. The van der Waals surface area contributed by atoms with Gasteiger partial charge in [-0.25, -0.2) is 4.99 Å². The molecular weight excluding hydrogens is 262 g/mol. The van der Waals surface area contributed by atoms with Crippen LogP contribution >= 0.6 is 11.6 Å². The average Bonchev–Trinajstić information content (AvgIpc) is 3.19. The van der Waals surface area contributed by atoms with Crippen LogP contribution in [-0.2, 0) is 5.66 Å². The van der Waals surface area contributed by atoms with Crippen LogP contribution in [0.1, 0.15) is 18.4 Å². The molecule has 1 fully saturated rings. The van der Waals surface area contributed by atoms with Crippen molar-refractivity contribution < 1.29 is 0 Å². The number of halogens is 1. The van der Waals surface area contributed by atoms with Crippen molar-refractivity contribution in [3.63, 3.8) is 0 Å². The van der Waals surface area contributed by atoms with Gasteiger partial charge in [0, 0.05) is 11.1 Å². The summed E-state index contributed by atoms with van der Waals surface area (Å²) in [5, 5.41) is 7.11. The van der Waals surface area contributed by atoms with E-state index in [1.807, 2.05) is 12.1 Å². The fraction of sp³-hybridized carbons (Fsp3) is 0.308. The number of nitrogens with two attached hydrogens (primary N) is 2. The number of nitrogens with one attached hydrogen (secondary N) is 2. The first-order valence-electron chi connectivity index (χ1n) is 6.21. The molecule has 6 N–H and O–H groups in total. The zero-order valence-electron chi connectivity index (χ0n) is 10.4. The van der Waals surface area contributed by atoms with Crippen LogP contribution < -0.4 is 22.1 Å². The lowest BCUT2D eigenvalue weighted by molar-refractivity contribution is 0.464. The molecule has 3 rings (SSSR count). The molecule has 0 amide bonds. The number of hydrogen-bond acceptors (Lipinski definition) is 5. The monoisotopic (exact) mass is 277 g/mol. The minimum absolute atomic E-state index is 0.469. The van der Waals surface area contributed by atoms with Crippen LogP contribution in [0.5, 0.6) is 0 Å². The summed E-state index contributed by atoms with van der Waals surface area (Å²) in [6.07, 6.45) is 3.92. The smallest absolute Gasteiger partial charge is 0.198 e. The Labute approximate surface area is 116 Å². The Hall–Kier alpha value is -1.72. The number of benzene rings is 1. The predicted molar refractivity (Wildman–Crippen MR) is 76.3 cm³/mol. The highest BCUT2D eigenvalue weighted by Gasteiger charge is 2.35. The first-order valence-corrected chi connectivity index (χ1v) is 6.59. The van der Waals surface area contributed by atoms with E-state index in [1.165, 1.54) is 12.8 Å². The number of hydrogen-bond donors (Lipinski definition) is 4. The second-order valence-corrected chi connectivity index (χ2v) is 5.36. The highest BCUT2D eigenvalue weighted by molar-refractivity contribution is 6.30. The summed E-state index contributed by atoms with van der Waals surface area (Å²) in [7, 11) is 0. The van der Waals surface area contributed by atoms with E-state index in [9.17, 15) is 0 Å². The van der Waals surface area contributed by atoms with Crippen LogP contribution in [0.2, 0.25) is 5.02 Å². The highest BCUT2D eigenvalue weighted by Crippen LogP contribution is 2.25. The van der Waals surface area contributed by atoms with Crippen molar-refractivity contribution in [1.82, 2.24) is 10.6 Å².